The Labute approximate surface area is 98.9 Å². The minimum Gasteiger partial charge on any atom is -0.389 e. The fraction of sp³-hybridized carbons (Fsp3) is 0.571. The first-order valence-electron chi connectivity index (χ1n) is 5.91. The highest BCUT2D eigenvalue weighted by molar-refractivity contribution is 5.22. The summed E-state index contributed by atoms with van der Waals surface area (Å²) in [5, 5.41) is 9.81. The molecule has 1 N–H and O–H groups in total. The highest BCUT2D eigenvalue weighted by Crippen LogP contribution is 2.11. The monoisotopic (exact) mass is 221 g/mol. The molecule has 0 amide bonds. The van der Waals surface area contributed by atoms with Crippen molar-refractivity contribution in [2.45, 2.75) is 39.8 Å². The number of hydrogen-bond acceptors (Lipinski definition) is 2. The van der Waals surface area contributed by atoms with Crippen molar-refractivity contribution >= 4 is 0 Å². The molecule has 0 aliphatic heterocycles. The zero-order valence-corrected chi connectivity index (χ0v) is 10.8. The summed E-state index contributed by atoms with van der Waals surface area (Å²) in [5.41, 5.74) is 1.97. The van der Waals surface area contributed by atoms with Crippen LogP contribution in [0.1, 0.15) is 31.9 Å². The SMILES string of the molecule is CCN(Cc1cccc(C)c1)CC(C)(C)O. The third-order valence-corrected chi connectivity index (χ3v) is 2.55. The molecule has 0 radical (unpaired) electrons. The Morgan fingerprint density at radius 3 is 2.50 bits per heavy atom. The number of hydrogen-bond donors (Lipinski definition) is 1. The quantitative estimate of drug-likeness (QED) is 0.826. The predicted octanol–water partition coefficient (Wildman–Crippen LogP) is 2.59. The van der Waals surface area contributed by atoms with Crippen LogP contribution in [0, 0.1) is 6.92 Å². The molecule has 0 spiro atoms. The first kappa shape index (κ1) is 13.2. The normalized spacial score (nSPS) is 12.1. The van der Waals surface area contributed by atoms with Gasteiger partial charge in [-0.1, -0.05) is 36.8 Å². The zero-order chi connectivity index (χ0) is 12.2. The number of likely N-dealkylation sites (N-methyl/N-ethyl adjacent to an activating group) is 1. The highest BCUT2D eigenvalue weighted by Gasteiger charge is 2.17. The lowest BCUT2D eigenvalue weighted by molar-refractivity contribution is 0.0353. The standard InChI is InChI=1S/C14H23NO/c1-5-15(11-14(3,4)16)10-13-8-6-7-12(2)9-13/h6-9,16H,5,10-11H2,1-4H3. The molecule has 0 heterocycles. The molecule has 2 nitrogen and oxygen atoms in total. The van der Waals surface area contributed by atoms with Crippen molar-refractivity contribution in [1.82, 2.24) is 4.90 Å². The topological polar surface area (TPSA) is 23.5 Å². The van der Waals surface area contributed by atoms with Crippen LogP contribution in [-0.4, -0.2) is 28.7 Å². The van der Waals surface area contributed by atoms with Crippen LogP contribution in [0.15, 0.2) is 24.3 Å². The lowest BCUT2D eigenvalue weighted by atomic mass is 10.1. The van der Waals surface area contributed by atoms with Gasteiger partial charge in [0.1, 0.15) is 0 Å². The third-order valence-electron chi connectivity index (χ3n) is 2.55. The third kappa shape index (κ3) is 4.77. The van der Waals surface area contributed by atoms with E-state index in [1.807, 2.05) is 13.8 Å². The molecule has 0 saturated heterocycles. The van der Waals surface area contributed by atoms with Crippen molar-refractivity contribution in [2.24, 2.45) is 0 Å². The summed E-state index contributed by atoms with van der Waals surface area (Å²) in [6.45, 7) is 10.5. The van der Waals surface area contributed by atoms with E-state index in [-0.39, 0.29) is 0 Å². The average molecular weight is 221 g/mol. The summed E-state index contributed by atoms with van der Waals surface area (Å²) >= 11 is 0. The number of benzene rings is 1. The number of nitrogens with zero attached hydrogens (tertiary/aromatic N) is 1. The number of aliphatic hydroxyl groups is 1. The van der Waals surface area contributed by atoms with Crippen LogP contribution in [0.5, 0.6) is 0 Å². The number of aryl methyl sites for hydroxylation is 1. The maximum Gasteiger partial charge on any atom is 0.0718 e. The molecule has 1 rings (SSSR count). The minimum absolute atomic E-state index is 0.625. The second-order valence-corrected chi connectivity index (χ2v) is 5.10. The molecule has 1 aromatic carbocycles. The fourth-order valence-electron chi connectivity index (χ4n) is 1.90. The molecule has 90 valence electrons. The van der Waals surface area contributed by atoms with E-state index >= 15 is 0 Å². The van der Waals surface area contributed by atoms with Crippen molar-refractivity contribution in [2.75, 3.05) is 13.1 Å². The lowest BCUT2D eigenvalue weighted by Gasteiger charge is -2.28. The molecule has 2 heteroatoms. The van der Waals surface area contributed by atoms with Gasteiger partial charge in [-0.3, -0.25) is 4.90 Å². The van der Waals surface area contributed by atoms with Gasteiger partial charge in [0.05, 0.1) is 5.60 Å². The van der Waals surface area contributed by atoms with E-state index in [1.165, 1.54) is 11.1 Å². The van der Waals surface area contributed by atoms with Crippen molar-refractivity contribution in [3.8, 4) is 0 Å². The largest absolute Gasteiger partial charge is 0.389 e. The van der Waals surface area contributed by atoms with Crippen LogP contribution in [0.4, 0.5) is 0 Å². The molecule has 0 bridgehead atoms. The second kappa shape index (κ2) is 5.46. The first-order chi connectivity index (χ1) is 7.40. The zero-order valence-electron chi connectivity index (χ0n) is 10.8. The van der Waals surface area contributed by atoms with E-state index in [4.69, 9.17) is 0 Å². The summed E-state index contributed by atoms with van der Waals surface area (Å²) < 4.78 is 0. The lowest BCUT2D eigenvalue weighted by Crippen LogP contribution is -2.38. The summed E-state index contributed by atoms with van der Waals surface area (Å²) in [6.07, 6.45) is 0. The minimum atomic E-state index is -0.625. The predicted molar refractivity (Wildman–Crippen MR) is 68.4 cm³/mol. The van der Waals surface area contributed by atoms with Gasteiger partial charge in [-0.15, -0.1) is 0 Å². The van der Waals surface area contributed by atoms with Gasteiger partial charge in [-0.25, -0.2) is 0 Å². The van der Waals surface area contributed by atoms with E-state index in [0.717, 1.165) is 13.1 Å². The summed E-state index contributed by atoms with van der Waals surface area (Å²) in [6, 6.07) is 8.53. The van der Waals surface area contributed by atoms with Crippen molar-refractivity contribution < 1.29 is 5.11 Å². The van der Waals surface area contributed by atoms with Gasteiger partial charge in [0, 0.05) is 13.1 Å². The molecular formula is C14H23NO. The Morgan fingerprint density at radius 1 is 1.31 bits per heavy atom. The maximum absolute atomic E-state index is 9.81. The van der Waals surface area contributed by atoms with Crippen LogP contribution in [0.2, 0.25) is 0 Å². The molecule has 16 heavy (non-hydrogen) atoms. The van der Waals surface area contributed by atoms with Crippen LogP contribution in [0.3, 0.4) is 0 Å². The average Bonchev–Trinajstić information content (AvgIpc) is 2.14. The molecule has 0 unspecified atom stereocenters. The second-order valence-electron chi connectivity index (χ2n) is 5.10. The van der Waals surface area contributed by atoms with E-state index < -0.39 is 5.60 Å². The smallest absolute Gasteiger partial charge is 0.0718 e. The highest BCUT2D eigenvalue weighted by atomic mass is 16.3. The molecule has 1 aromatic rings. The Morgan fingerprint density at radius 2 is 2.00 bits per heavy atom. The van der Waals surface area contributed by atoms with Crippen molar-refractivity contribution in [1.29, 1.82) is 0 Å². The van der Waals surface area contributed by atoms with E-state index in [9.17, 15) is 5.11 Å². The van der Waals surface area contributed by atoms with Gasteiger partial charge >= 0.3 is 0 Å². The number of rotatable bonds is 5. The van der Waals surface area contributed by atoms with Gasteiger partial charge in [-0.2, -0.15) is 0 Å². The summed E-state index contributed by atoms with van der Waals surface area (Å²) in [7, 11) is 0. The van der Waals surface area contributed by atoms with Crippen LogP contribution >= 0.6 is 0 Å². The van der Waals surface area contributed by atoms with E-state index in [2.05, 4.69) is 43.0 Å². The Balaban J connectivity index is 2.63. The van der Waals surface area contributed by atoms with Crippen molar-refractivity contribution in [3.63, 3.8) is 0 Å². The molecule has 0 fully saturated rings. The molecule has 0 saturated carbocycles. The van der Waals surface area contributed by atoms with Gasteiger partial charge in [0.15, 0.2) is 0 Å². The van der Waals surface area contributed by atoms with E-state index in [0.29, 0.717) is 6.54 Å². The summed E-state index contributed by atoms with van der Waals surface area (Å²) in [5.74, 6) is 0. The Bertz CT molecular complexity index is 328. The van der Waals surface area contributed by atoms with Gasteiger partial charge < -0.3 is 5.11 Å². The molecule has 0 atom stereocenters. The molecule has 0 aliphatic rings. The van der Waals surface area contributed by atoms with E-state index in [1.54, 1.807) is 0 Å². The van der Waals surface area contributed by atoms with Gasteiger partial charge in [-0.05, 0) is 32.9 Å². The maximum atomic E-state index is 9.81. The molecular weight excluding hydrogens is 198 g/mol. The van der Waals surface area contributed by atoms with Crippen LogP contribution < -0.4 is 0 Å². The van der Waals surface area contributed by atoms with Crippen LogP contribution in [0.25, 0.3) is 0 Å². The summed E-state index contributed by atoms with van der Waals surface area (Å²) in [4.78, 5) is 2.26. The molecule has 0 aromatic heterocycles. The van der Waals surface area contributed by atoms with Crippen molar-refractivity contribution in [3.05, 3.63) is 35.4 Å². The van der Waals surface area contributed by atoms with Gasteiger partial charge in [0.2, 0.25) is 0 Å². The first-order valence-corrected chi connectivity index (χ1v) is 5.91. The Kier molecular flexibility index (Phi) is 4.51. The molecule has 0 aliphatic carbocycles. The van der Waals surface area contributed by atoms with Gasteiger partial charge in [0.25, 0.3) is 0 Å². The fourth-order valence-corrected chi connectivity index (χ4v) is 1.90. The Hall–Kier alpha value is -0.860. The van der Waals surface area contributed by atoms with Crippen LogP contribution in [-0.2, 0) is 6.54 Å².